The number of allylic oxidation sites excluding steroid dienone is 1. The number of carbonyl (C=O) groups is 2. The minimum absolute atomic E-state index is 0.0863. The monoisotopic (exact) mass is 467 g/mol. The molecule has 9 nitrogen and oxygen atoms in total. The molecule has 1 aliphatic carbocycles. The van der Waals surface area contributed by atoms with Crippen LogP contribution in [-0.4, -0.2) is 54.0 Å². The van der Waals surface area contributed by atoms with Crippen molar-refractivity contribution in [2.45, 2.75) is 31.6 Å². The first-order valence-electron chi connectivity index (χ1n) is 11.8. The number of amides is 1. The Bertz CT molecular complexity index is 1460. The molecule has 0 spiro atoms. The number of likely N-dealkylation sites (tertiary alicyclic amines) is 1. The predicted octanol–water partition coefficient (Wildman–Crippen LogP) is 3.25. The summed E-state index contributed by atoms with van der Waals surface area (Å²) in [7, 11) is 0. The number of hydrogen-bond donors (Lipinski definition) is 2. The van der Waals surface area contributed by atoms with Crippen LogP contribution in [0.1, 0.15) is 52.6 Å². The van der Waals surface area contributed by atoms with Crippen LogP contribution >= 0.6 is 0 Å². The number of ketones is 1. The first kappa shape index (κ1) is 21.3. The highest BCUT2D eigenvalue weighted by Gasteiger charge is 2.29. The number of piperidine rings is 1. The second kappa shape index (κ2) is 8.50. The number of nitrogens with one attached hydrogen (secondary N) is 1. The summed E-state index contributed by atoms with van der Waals surface area (Å²) in [5.41, 5.74) is 10.9. The summed E-state index contributed by atoms with van der Waals surface area (Å²) in [5.74, 6) is 1.67. The molecule has 0 unspecified atom stereocenters. The molecule has 35 heavy (non-hydrogen) atoms. The molecule has 1 fully saturated rings. The summed E-state index contributed by atoms with van der Waals surface area (Å²) in [6, 6.07) is 5.64. The fraction of sp³-hybridized carbons (Fsp3) is 0.269. The van der Waals surface area contributed by atoms with Crippen molar-refractivity contribution >= 4 is 29.1 Å². The maximum absolute atomic E-state index is 12.8. The molecule has 4 aromatic rings. The molecular formula is C26H25N7O2. The van der Waals surface area contributed by atoms with Crippen LogP contribution in [0.3, 0.4) is 0 Å². The fourth-order valence-electron chi connectivity index (χ4n) is 5.09. The van der Waals surface area contributed by atoms with Crippen molar-refractivity contribution in [3.63, 3.8) is 0 Å². The molecule has 1 aliphatic heterocycles. The highest BCUT2D eigenvalue weighted by atomic mass is 16.2. The third-order valence-electron chi connectivity index (χ3n) is 6.89. The van der Waals surface area contributed by atoms with Crippen molar-refractivity contribution in [2.24, 2.45) is 0 Å². The first-order chi connectivity index (χ1) is 17.1. The quantitative estimate of drug-likeness (QED) is 0.475. The van der Waals surface area contributed by atoms with Gasteiger partial charge in [0.2, 0.25) is 5.91 Å². The number of anilines is 1. The molecule has 1 saturated heterocycles. The number of imidazole rings is 1. The van der Waals surface area contributed by atoms with E-state index >= 15 is 0 Å². The van der Waals surface area contributed by atoms with E-state index in [4.69, 9.17) is 10.7 Å². The number of fused-ring (bicyclic) bond motifs is 2. The van der Waals surface area contributed by atoms with Crippen LogP contribution in [0.25, 0.3) is 23.0 Å². The lowest BCUT2D eigenvalue weighted by atomic mass is 9.95. The fourth-order valence-corrected chi connectivity index (χ4v) is 5.09. The van der Waals surface area contributed by atoms with E-state index in [0.29, 0.717) is 43.0 Å². The number of rotatable bonds is 4. The maximum atomic E-state index is 12.8. The Morgan fingerprint density at radius 3 is 2.86 bits per heavy atom. The molecule has 1 amide bonds. The van der Waals surface area contributed by atoms with Gasteiger partial charge in [-0.3, -0.25) is 19.0 Å². The molecule has 9 heteroatoms. The highest BCUT2D eigenvalue weighted by Crippen LogP contribution is 2.35. The van der Waals surface area contributed by atoms with Crippen molar-refractivity contribution in [2.75, 3.05) is 18.8 Å². The van der Waals surface area contributed by atoms with E-state index in [0.717, 1.165) is 41.1 Å². The Morgan fingerprint density at radius 2 is 2.09 bits per heavy atom. The van der Waals surface area contributed by atoms with Gasteiger partial charge in [-0.15, -0.1) is 0 Å². The molecule has 0 bridgehead atoms. The van der Waals surface area contributed by atoms with Crippen LogP contribution in [0.4, 0.5) is 5.82 Å². The molecule has 4 aromatic heterocycles. The first-order valence-corrected chi connectivity index (χ1v) is 11.8. The number of aromatic nitrogens is 5. The van der Waals surface area contributed by atoms with Crippen molar-refractivity contribution in [3.8, 4) is 11.4 Å². The zero-order valence-electron chi connectivity index (χ0n) is 19.1. The van der Waals surface area contributed by atoms with Gasteiger partial charge in [0.1, 0.15) is 22.9 Å². The second-order valence-corrected chi connectivity index (χ2v) is 9.08. The van der Waals surface area contributed by atoms with Gasteiger partial charge in [-0.25, -0.2) is 9.97 Å². The lowest BCUT2D eigenvalue weighted by Gasteiger charge is -2.31. The Hall–Kier alpha value is -4.27. The van der Waals surface area contributed by atoms with Gasteiger partial charge in [-0.1, -0.05) is 12.1 Å². The van der Waals surface area contributed by atoms with E-state index in [-0.39, 0.29) is 17.6 Å². The third kappa shape index (κ3) is 3.78. The van der Waals surface area contributed by atoms with Gasteiger partial charge in [-0.2, -0.15) is 0 Å². The Labute approximate surface area is 201 Å². The Kier molecular flexibility index (Phi) is 5.17. The van der Waals surface area contributed by atoms with E-state index in [2.05, 4.69) is 15.0 Å². The topological polar surface area (TPSA) is 122 Å². The van der Waals surface area contributed by atoms with E-state index in [1.54, 1.807) is 18.6 Å². The zero-order chi connectivity index (χ0) is 23.9. The molecule has 2 aliphatic rings. The smallest absolute Gasteiger partial charge is 0.227 e. The van der Waals surface area contributed by atoms with Crippen LogP contribution in [-0.2, 0) is 11.2 Å². The Morgan fingerprint density at radius 1 is 1.23 bits per heavy atom. The molecule has 3 N–H and O–H groups in total. The van der Waals surface area contributed by atoms with Gasteiger partial charge in [0.25, 0.3) is 0 Å². The van der Waals surface area contributed by atoms with Gasteiger partial charge < -0.3 is 15.6 Å². The summed E-state index contributed by atoms with van der Waals surface area (Å²) < 4.78 is 2.01. The van der Waals surface area contributed by atoms with Gasteiger partial charge in [0, 0.05) is 61.5 Å². The van der Waals surface area contributed by atoms with E-state index in [9.17, 15) is 9.59 Å². The Balaban J connectivity index is 1.28. The minimum Gasteiger partial charge on any atom is -0.382 e. The zero-order valence-corrected chi connectivity index (χ0v) is 19.1. The average molecular weight is 468 g/mol. The highest BCUT2D eigenvalue weighted by molar-refractivity contribution is 6.04. The van der Waals surface area contributed by atoms with Crippen LogP contribution in [0.5, 0.6) is 0 Å². The number of nitrogens with two attached hydrogens (primary N) is 1. The lowest BCUT2D eigenvalue weighted by molar-refractivity contribution is -0.131. The number of hydrogen-bond acceptors (Lipinski definition) is 6. The lowest BCUT2D eigenvalue weighted by Crippen LogP contribution is -2.39. The average Bonchev–Trinajstić information content (AvgIpc) is 3.48. The van der Waals surface area contributed by atoms with E-state index in [1.807, 2.05) is 45.8 Å². The number of H-pyrrole nitrogens is 1. The molecule has 5 heterocycles. The maximum Gasteiger partial charge on any atom is 0.227 e. The van der Waals surface area contributed by atoms with Crippen molar-refractivity contribution in [3.05, 3.63) is 71.7 Å². The molecule has 6 rings (SSSR count). The number of pyridine rings is 1. The normalized spacial score (nSPS) is 16.1. The van der Waals surface area contributed by atoms with Crippen molar-refractivity contribution < 1.29 is 9.59 Å². The molecule has 0 atom stereocenters. The third-order valence-corrected chi connectivity index (χ3v) is 6.89. The van der Waals surface area contributed by atoms with Crippen molar-refractivity contribution in [1.29, 1.82) is 0 Å². The van der Waals surface area contributed by atoms with Crippen LogP contribution < -0.4 is 5.73 Å². The van der Waals surface area contributed by atoms with Crippen molar-refractivity contribution in [1.82, 2.24) is 29.2 Å². The summed E-state index contributed by atoms with van der Waals surface area (Å²) >= 11 is 0. The summed E-state index contributed by atoms with van der Waals surface area (Å²) in [4.78, 5) is 43.8. The SMILES string of the molecule is Nc1nccn2c(C3CCN(C(=O)Cc4cccnc4)CC3)nc(-c3cc4c([nH]3)C=CCC4=O)c12. The number of Topliss-reactive ketones (excluding diaryl/α,β-unsaturated/α-hetero) is 1. The predicted molar refractivity (Wildman–Crippen MR) is 132 cm³/mol. The number of nitrogens with zero attached hydrogens (tertiary/aromatic N) is 5. The van der Waals surface area contributed by atoms with Crippen LogP contribution in [0.15, 0.2) is 49.1 Å². The van der Waals surface area contributed by atoms with Gasteiger partial charge in [-0.05, 0) is 36.6 Å². The van der Waals surface area contributed by atoms with Gasteiger partial charge in [0.05, 0.1) is 12.1 Å². The molecule has 0 saturated carbocycles. The summed E-state index contributed by atoms with van der Waals surface area (Å²) in [5, 5.41) is 0. The largest absolute Gasteiger partial charge is 0.382 e. The molecule has 176 valence electrons. The second-order valence-electron chi connectivity index (χ2n) is 9.08. The molecular weight excluding hydrogens is 442 g/mol. The number of aromatic amines is 1. The summed E-state index contributed by atoms with van der Waals surface area (Å²) in [6.07, 6.45) is 13.2. The van der Waals surface area contributed by atoms with E-state index in [1.165, 1.54) is 0 Å². The van der Waals surface area contributed by atoms with Gasteiger partial charge in [0.15, 0.2) is 5.78 Å². The van der Waals surface area contributed by atoms with E-state index < -0.39 is 0 Å². The molecule has 0 radical (unpaired) electrons. The van der Waals surface area contributed by atoms with Crippen LogP contribution in [0, 0.1) is 0 Å². The number of nitrogen functional groups attached to an aromatic ring is 1. The minimum atomic E-state index is 0.0863. The number of carbonyl (C=O) groups excluding carboxylic acids is 2. The molecule has 0 aromatic carbocycles. The van der Waals surface area contributed by atoms with Gasteiger partial charge >= 0.3 is 0 Å². The standard InChI is InChI=1S/C26H25N7O2/c27-25-24-23(20-14-18-19(30-20)4-1-5-21(18)34)31-26(33(24)12-9-29-25)17-6-10-32(11-7-17)22(35)13-16-3-2-8-28-15-16/h1-4,8-9,12,14-15,17,30H,5-7,10-11,13H2,(H2,27,29). The summed E-state index contributed by atoms with van der Waals surface area (Å²) in [6.45, 7) is 1.34. The van der Waals surface area contributed by atoms with Crippen LogP contribution in [0.2, 0.25) is 0 Å².